The molecule has 0 saturated heterocycles. The fraction of sp³-hybridized carbons (Fsp3) is 1.00. The maximum absolute atomic E-state index is 3.61. The highest BCUT2D eigenvalue weighted by atomic mass is 15.0. The van der Waals surface area contributed by atoms with E-state index in [1.54, 1.807) is 0 Å². The van der Waals surface area contributed by atoms with Gasteiger partial charge in [0.1, 0.15) is 0 Å². The second-order valence-corrected chi connectivity index (χ2v) is 5.99. The SMILES string of the molecule is CNC12CC3(C)CC1CC3(C)C2. The van der Waals surface area contributed by atoms with Crippen LogP contribution in [0.2, 0.25) is 0 Å². The van der Waals surface area contributed by atoms with Crippen LogP contribution >= 0.6 is 0 Å². The third-order valence-electron chi connectivity index (χ3n) is 5.54. The second-order valence-electron chi connectivity index (χ2n) is 5.99. The zero-order chi connectivity index (χ0) is 8.61. The second kappa shape index (κ2) is 1.61. The highest BCUT2D eigenvalue weighted by Crippen LogP contribution is 2.77. The van der Waals surface area contributed by atoms with Crippen LogP contribution in [-0.4, -0.2) is 12.6 Å². The van der Waals surface area contributed by atoms with E-state index >= 15 is 0 Å². The van der Waals surface area contributed by atoms with Crippen LogP contribution in [0.3, 0.4) is 0 Å². The average molecular weight is 165 g/mol. The molecule has 0 amide bonds. The molecular weight excluding hydrogens is 146 g/mol. The van der Waals surface area contributed by atoms with Gasteiger partial charge in [-0.15, -0.1) is 0 Å². The lowest BCUT2D eigenvalue weighted by molar-refractivity contribution is 0.157. The Labute approximate surface area is 74.9 Å². The van der Waals surface area contributed by atoms with Crippen molar-refractivity contribution in [1.82, 2.24) is 5.32 Å². The molecule has 4 aliphatic carbocycles. The van der Waals surface area contributed by atoms with Gasteiger partial charge < -0.3 is 5.32 Å². The molecule has 4 bridgehead atoms. The number of rotatable bonds is 1. The molecule has 68 valence electrons. The molecule has 0 spiro atoms. The van der Waals surface area contributed by atoms with Crippen LogP contribution in [0.25, 0.3) is 0 Å². The lowest BCUT2D eigenvalue weighted by atomic mass is 9.71. The van der Waals surface area contributed by atoms with Crippen molar-refractivity contribution in [3.63, 3.8) is 0 Å². The molecular formula is C11H19N. The van der Waals surface area contributed by atoms with E-state index in [0.29, 0.717) is 16.4 Å². The Hall–Kier alpha value is -0.0400. The summed E-state index contributed by atoms with van der Waals surface area (Å²) in [6, 6.07) is 0. The van der Waals surface area contributed by atoms with E-state index in [1.165, 1.54) is 25.7 Å². The zero-order valence-corrected chi connectivity index (χ0v) is 8.41. The number of hydrogen-bond donors (Lipinski definition) is 1. The molecule has 0 aromatic carbocycles. The molecule has 4 fully saturated rings. The van der Waals surface area contributed by atoms with Crippen LogP contribution in [0.5, 0.6) is 0 Å². The molecule has 0 heterocycles. The third-order valence-corrected chi connectivity index (χ3v) is 5.54. The molecule has 12 heavy (non-hydrogen) atoms. The fourth-order valence-corrected chi connectivity index (χ4v) is 4.74. The van der Waals surface area contributed by atoms with Gasteiger partial charge in [-0.05, 0) is 49.5 Å². The predicted molar refractivity (Wildman–Crippen MR) is 50.0 cm³/mol. The maximum Gasteiger partial charge on any atom is 0.0217 e. The Morgan fingerprint density at radius 1 is 1.08 bits per heavy atom. The molecule has 1 N–H and O–H groups in total. The van der Waals surface area contributed by atoms with E-state index in [-0.39, 0.29) is 0 Å². The Morgan fingerprint density at radius 2 is 1.58 bits per heavy atom. The van der Waals surface area contributed by atoms with Gasteiger partial charge in [-0.3, -0.25) is 0 Å². The van der Waals surface area contributed by atoms with E-state index in [1.807, 2.05) is 0 Å². The smallest absolute Gasteiger partial charge is 0.0217 e. The first-order valence-electron chi connectivity index (χ1n) is 5.23. The van der Waals surface area contributed by atoms with Gasteiger partial charge in [-0.1, -0.05) is 13.8 Å². The summed E-state index contributed by atoms with van der Waals surface area (Å²) in [5, 5.41) is 3.61. The zero-order valence-electron chi connectivity index (χ0n) is 8.41. The Bertz CT molecular complexity index is 227. The summed E-state index contributed by atoms with van der Waals surface area (Å²) in [4.78, 5) is 0. The maximum atomic E-state index is 3.61. The summed E-state index contributed by atoms with van der Waals surface area (Å²) >= 11 is 0. The van der Waals surface area contributed by atoms with Crippen LogP contribution in [0.15, 0.2) is 0 Å². The van der Waals surface area contributed by atoms with E-state index in [2.05, 4.69) is 26.2 Å². The van der Waals surface area contributed by atoms with Crippen molar-refractivity contribution >= 4 is 0 Å². The van der Waals surface area contributed by atoms with Gasteiger partial charge in [0.25, 0.3) is 0 Å². The molecule has 4 saturated carbocycles. The first-order chi connectivity index (χ1) is 5.54. The van der Waals surface area contributed by atoms with E-state index in [0.717, 1.165) is 5.92 Å². The van der Waals surface area contributed by atoms with Crippen molar-refractivity contribution < 1.29 is 0 Å². The van der Waals surface area contributed by atoms with Gasteiger partial charge in [-0.25, -0.2) is 0 Å². The lowest BCUT2D eigenvalue weighted by Gasteiger charge is -2.33. The first kappa shape index (κ1) is 7.37. The quantitative estimate of drug-likeness (QED) is 0.628. The topological polar surface area (TPSA) is 12.0 Å². The van der Waals surface area contributed by atoms with Crippen molar-refractivity contribution in [3.05, 3.63) is 0 Å². The molecule has 4 aliphatic rings. The number of nitrogens with one attached hydrogen (secondary N) is 1. The molecule has 4 rings (SSSR count). The Kier molecular flexibility index (Phi) is 0.991. The normalized spacial score (nSPS) is 66.8. The van der Waals surface area contributed by atoms with Crippen molar-refractivity contribution in [1.29, 1.82) is 0 Å². The van der Waals surface area contributed by atoms with Crippen LogP contribution in [0, 0.1) is 16.7 Å². The van der Waals surface area contributed by atoms with Crippen LogP contribution < -0.4 is 5.32 Å². The average Bonchev–Trinajstić information content (AvgIpc) is 2.50. The molecule has 0 aromatic rings. The monoisotopic (exact) mass is 165 g/mol. The lowest BCUT2D eigenvalue weighted by Crippen LogP contribution is -2.42. The first-order valence-corrected chi connectivity index (χ1v) is 5.23. The Morgan fingerprint density at radius 3 is 1.75 bits per heavy atom. The highest BCUT2D eigenvalue weighted by Gasteiger charge is 2.73. The summed E-state index contributed by atoms with van der Waals surface area (Å²) in [7, 11) is 2.16. The van der Waals surface area contributed by atoms with Gasteiger partial charge in [0.2, 0.25) is 0 Å². The van der Waals surface area contributed by atoms with Crippen molar-refractivity contribution in [2.24, 2.45) is 16.7 Å². The van der Waals surface area contributed by atoms with Gasteiger partial charge >= 0.3 is 0 Å². The molecule has 1 heteroatoms. The van der Waals surface area contributed by atoms with Crippen LogP contribution in [-0.2, 0) is 0 Å². The highest BCUT2D eigenvalue weighted by molar-refractivity contribution is 5.26. The summed E-state index contributed by atoms with van der Waals surface area (Å²) in [6.45, 7) is 5.03. The van der Waals surface area contributed by atoms with Crippen LogP contribution in [0.1, 0.15) is 39.5 Å². The largest absolute Gasteiger partial charge is 0.314 e. The van der Waals surface area contributed by atoms with E-state index in [9.17, 15) is 0 Å². The molecule has 0 radical (unpaired) electrons. The third kappa shape index (κ3) is 0.501. The number of hydrogen-bond acceptors (Lipinski definition) is 1. The van der Waals surface area contributed by atoms with E-state index in [4.69, 9.17) is 0 Å². The van der Waals surface area contributed by atoms with Crippen molar-refractivity contribution in [2.75, 3.05) is 7.05 Å². The summed E-state index contributed by atoms with van der Waals surface area (Å²) in [6.07, 6.45) is 5.87. The predicted octanol–water partition coefficient (Wildman–Crippen LogP) is 2.17. The Balaban J connectivity index is 2.11. The van der Waals surface area contributed by atoms with Crippen molar-refractivity contribution in [3.8, 4) is 0 Å². The molecule has 2 unspecified atom stereocenters. The standard InChI is InChI=1S/C11H19N/c1-9-4-8-5-10(9,2)7-11(8,6-9)12-3/h8,12H,4-7H2,1-3H3. The summed E-state index contributed by atoms with van der Waals surface area (Å²) < 4.78 is 0. The fourth-order valence-electron chi connectivity index (χ4n) is 4.74. The van der Waals surface area contributed by atoms with Gasteiger partial charge in [0, 0.05) is 5.54 Å². The minimum Gasteiger partial charge on any atom is -0.314 e. The molecule has 2 atom stereocenters. The van der Waals surface area contributed by atoms with Gasteiger partial charge in [0.15, 0.2) is 0 Å². The summed E-state index contributed by atoms with van der Waals surface area (Å²) in [5.74, 6) is 0.998. The van der Waals surface area contributed by atoms with E-state index < -0.39 is 0 Å². The van der Waals surface area contributed by atoms with Crippen LogP contribution in [0.4, 0.5) is 0 Å². The molecule has 0 aromatic heterocycles. The van der Waals surface area contributed by atoms with Crippen molar-refractivity contribution in [2.45, 2.75) is 45.1 Å². The molecule has 0 aliphatic heterocycles. The minimum absolute atomic E-state index is 0.559. The molecule has 1 nitrogen and oxygen atoms in total. The van der Waals surface area contributed by atoms with Gasteiger partial charge in [0.05, 0.1) is 0 Å². The summed E-state index contributed by atoms with van der Waals surface area (Å²) in [5.41, 5.74) is 1.92. The minimum atomic E-state index is 0.559. The van der Waals surface area contributed by atoms with Gasteiger partial charge in [-0.2, -0.15) is 0 Å².